The Kier molecular flexibility index (Phi) is 4.40. The summed E-state index contributed by atoms with van der Waals surface area (Å²) in [7, 11) is 0. The van der Waals surface area contributed by atoms with Crippen LogP contribution in [0.2, 0.25) is 0 Å². The molecule has 2 N–H and O–H groups in total. The molecule has 0 aliphatic rings. The number of anilines is 1. The first-order chi connectivity index (χ1) is 6.76. The topological polar surface area (TPSA) is 45.1 Å². The van der Waals surface area contributed by atoms with Gasteiger partial charge in [0.05, 0.1) is 12.6 Å². The predicted molar refractivity (Wildman–Crippen MR) is 58.4 cm³/mol. The second kappa shape index (κ2) is 5.60. The van der Waals surface area contributed by atoms with Crippen LogP contribution in [-0.2, 0) is 0 Å². The second-order valence-electron chi connectivity index (χ2n) is 3.53. The van der Waals surface area contributed by atoms with Gasteiger partial charge in [0.1, 0.15) is 5.82 Å². The van der Waals surface area contributed by atoms with Gasteiger partial charge >= 0.3 is 0 Å². The summed E-state index contributed by atoms with van der Waals surface area (Å²) in [6, 6.07) is 4.06. The van der Waals surface area contributed by atoms with Gasteiger partial charge in [0.25, 0.3) is 0 Å². The molecule has 0 aliphatic carbocycles. The van der Waals surface area contributed by atoms with Crippen LogP contribution in [0.25, 0.3) is 0 Å². The molecule has 0 radical (unpaired) electrons. The van der Waals surface area contributed by atoms with E-state index in [1.165, 1.54) is 5.56 Å². The highest BCUT2D eigenvalue weighted by Crippen LogP contribution is 2.09. The van der Waals surface area contributed by atoms with Gasteiger partial charge < -0.3 is 10.4 Å². The maximum atomic E-state index is 9.10. The minimum Gasteiger partial charge on any atom is -0.394 e. The molecule has 1 heterocycles. The van der Waals surface area contributed by atoms with Crippen LogP contribution in [0.15, 0.2) is 18.3 Å². The van der Waals surface area contributed by atoms with E-state index in [2.05, 4.69) is 17.2 Å². The third-order valence-electron chi connectivity index (χ3n) is 2.12. The zero-order valence-electron chi connectivity index (χ0n) is 8.83. The maximum absolute atomic E-state index is 9.10. The molecule has 1 aromatic rings. The molecule has 0 aliphatic heterocycles. The number of hydrogen-bond acceptors (Lipinski definition) is 3. The van der Waals surface area contributed by atoms with Gasteiger partial charge in [-0.25, -0.2) is 4.98 Å². The number of aliphatic hydroxyl groups is 1. The van der Waals surface area contributed by atoms with E-state index in [1.807, 2.05) is 19.1 Å². The molecular formula is C11H18N2O. The average Bonchev–Trinajstić information content (AvgIpc) is 2.17. The molecule has 1 rings (SSSR count). The average molecular weight is 194 g/mol. The number of hydrogen-bond donors (Lipinski definition) is 2. The molecule has 0 saturated heterocycles. The molecule has 0 amide bonds. The minimum absolute atomic E-state index is 0.120. The molecule has 0 bridgehead atoms. The van der Waals surface area contributed by atoms with Crippen molar-refractivity contribution in [2.24, 2.45) is 0 Å². The van der Waals surface area contributed by atoms with Crippen molar-refractivity contribution >= 4 is 5.82 Å². The smallest absolute Gasteiger partial charge is 0.126 e. The first-order valence-corrected chi connectivity index (χ1v) is 5.06. The van der Waals surface area contributed by atoms with Crippen molar-refractivity contribution in [1.82, 2.24) is 4.98 Å². The Morgan fingerprint density at radius 2 is 2.36 bits per heavy atom. The minimum atomic E-state index is 0.120. The summed E-state index contributed by atoms with van der Waals surface area (Å²) in [5.74, 6) is 0.845. The van der Waals surface area contributed by atoms with E-state index in [4.69, 9.17) is 5.11 Å². The summed E-state index contributed by atoms with van der Waals surface area (Å²) in [5.41, 5.74) is 1.18. The Morgan fingerprint density at radius 3 is 2.93 bits per heavy atom. The lowest BCUT2D eigenvalue weighted by atomic mass is 10.2. The second-order valence-corrected chi connectivity index (χ2v) is 3.53. The fourth-order valence-electron chi connectivity index (χ4n) is 1.38. The van der Waals surface area contributed by atoms with Crippen molar-refractivity contribution in [3.8, 4) is 0 Å². The Bertz CT molecular complexity index is 276. The molecule has 78 valence electrons. The van der Waals surface area contributed by atoms with E-state index in [0.29, 0.717) is 0 Å². The quantitative estimate of drug-likeness (QED) is 0.753. The van der Waals surface area contributed by atoms with Crippen LogP contribution < -0.4 is 5.32 Å². The molecule has 0 aromatic carbocycles. The predicted octanol–water partition coefficient (Wildman–Crippen LogP) is 1.96. The SMILES string of the molecule is CCCC(CO)Nc1cc(C)ccn1. The molecule has 0 spiro atoms. The van der Waals surface area contributed by atoms with Gasteiger partial charge in [-0.15, -0.1) is 0 Å². The molecule has 14 heavy (non-hydrogen) atoms. The normalized spacial score (nSPS) is 12.5. The third-order valence-corrected chi connectivity index (χ3v) is 2.12. The standard InChI is InChI=1S/C11H18N2O/c1-3-4-10(8-14)13-11-7-9(2)5-6-12-11/h5-7,10,14H,3-4,8H2,1-2H3,(H,12,13). The highest BCUT2D eigenvalue weighted by atomic mass is 16.3. The number of nitrogens with one attached hydrogen (secondary N) is 1. The number of aromatic nitrogens is 1. The number of pyridine rings is 1. The Morgan fingerprint density at radius 1 is 1.57 bits per heavy atom. The van der Waals surface area contributed by atoms with E-state index in [1.54, 1.807) is 6.20 Å². The first-order valence-electron chi connectivity index (χ1n) is 5.06. The van der Waals surface area contributed by atoms with E-state index in [9.17, 15) is 0 Å². The summed E-state index contributed by atoms with van der Waals surface area (Å²) >= 11 is 0. The van der Waals surface area contributed by atoms with Crippen molar-refractivity contribution in [1.29, 1.82) is 0 Å². The van der Waals surface area contributed by atoms with Crippen LogP contribution in [0.5, 0.6) is 0 Å². The van der Waals surface area contributed by atoms with Gasteiger partial charge in [0.2, 0.25) is 0 Å². The Balaban J connectivity index is 2.57. The van der Waals surface area contributed by atoms with E-state index in [0.717, 1.165) is 18.7 Å². The van der Waals surface area contributed by atoms with Gasteiger partial charge in [-0.05, 0) is 31.0 Å². The third kappa shape index (κ3) is 3.34. The molecule has 1 aromatic heterocycles. The molecule has 0 saturated carbocycles. The van der Waals surface area contributed by atoms with Gasteiger partial charge in [0.15, 0.2) is 0 Å². The van der Waals surface area contributed by atoms with Crippen LogP contribution >= 0.6 is 0 Å². The summed E-state index contributed by atoms with van der Waals surface area (Å²) < 4.78 is 0. The van der Waals surface area contributed by atoms with E-state index >= 15 is 0 Å². The van der Waals surface area contributed by atoms with Gasteiger partial charge in [-0.3, -0.25) is 0 Å². The lowest BCUT2D eigenvalue weighted by Crippen LogP contribution is -2.23. The lowest BCUT2D eigenvalue weighted by Gasteiger charge is -2.15. The molecule has 3 nitrogen and oxygen atoms in total. The fourth-order valence-corrected chi connectivity index (χ4v) is 1.38. The number of nitrogens with zero attached hydrogens (tertiary/aromatic N) is 1. The van der Waals surface area contributed by atoms with E-state index < -0.39 is 0 Å². The van der Waals surface area contributed by atoms with Crippen molar-refractivity contribution in [3.05, 3.63) is 23.9 Å². The van der Waals surface area contributed by atoms with Crippen LogP contribution in [-0.4, -0.2) is 22.7 Å². The summed E-state index contributed by atoms with van der Waals surface area (Å²) in [6.07, 6.45) is 3.80. The summed E-state index contributed by atoms with van der Waals surface area (Å²) in [5, 5.41) is 12.3. The molecule has 3 heteroatoms. The number of rotatable bonds is 5. The van der Waals surface area contributed by atoms with Crippen molar-refractivity contribution in [3.63, 3.8) is 0 Å². The van der Waals surface area contributed by atoms with Crippen molar-refractivity contribution in [2.75, 3.05) is 11.9 Å². The lowest BCUT2D eigenvalue weighted by molar-refractivity contribution is 0.268. The van der Waals surface area contributed by atoms with Crippen LogP contribution in [0.3, 0.4) is 0 Å². The van der Waals surface area contributed by atoms with Crippen molar-refractivity contribution < 1.29 is 5.11 Å². The molecule has 0 fully saturated rings. The monoisotopic (exact) mass is 194 g/mol. The van der Waals surface area contributed by atoms with Crippen LogP contribution in [0.1, 0.15) is 25.3 Å². The van der Waals surface area contributed by atoms with Gasteiger partial charge in [-0.1, -0.05) is 13.3 Å². The molecular weight excluding hydrogens is 176 g/mol. The summed E-state index contributed by atoms with van der Waals surface area (Å²) in [4.78, 5) is 4.19. The number of aliphatic hydroxyl groups excluding tert-OH is 1. The highest BCUT2D eigenvalue weighted by Gasteiger charge is 2.05. The highest BCUT2D eigenvalue weighted by molar-refractivity contribution is 5.37. The first kappa shape index (κ1) is 11.0. The Labute approximate surface area is 85.2 Å². The zero-order chi connectivity index (χ0) is 10.4. The zero-order valence-corrected chi connectivity index (χ0v) is 8.83. The van der Waals surface area contributed by atoms with Gasteiger partial charge in [0, 0.05) is 6.20 Å². The largest absolute Gasteiger partial charge is 0.394 e. The summed E-state index contributed by atoms with van der Waals surface area (Å²) in [6.45, 7) is 4.29. The Hall–Kier alpha value is -1.09. The van der Waals surface area contributed by atoms with Crippen LogP contribution in [0, 0.1) is 6.92 Å². The fraction of sp³-hybridized carbons (Fsp3) is 0.545. The maximum Gasteiger partial charge on any atom is 0.126 e. The number of aryl methyl sites for hydroxylation is 1. The van der Waals surface area contributed by atoms with E-state index in [-0.39, 0.29) is 12.6 Å². The molecule has 1 unspecified atom stereocenters. The molecule has 1 atom stereocenters. The van der Waals surface area contributed by atoms with Crippen LogP contribution in [0.4, 0.5) is 5.82 Å². The van der Waals surface area contributed by atoms with Crippen molar-refractivity contribution in [2.45, 2.75) is 32.7 Å². The van der Waals surface area contributed by atoms with Gasteiger partial charge in [-0.2, -0.15) is 0 Å².